The Labute approximate surface area is 166 Å². The molecule has 27 heavy (non-hydrogen) atoms. The monoisotopic (exact) mass is 421 g/mol. The quantitative estimate of drug-likeness (QED) is 0.596. The first-order chi connectivity index (χ1) is 12.8. The van der Waals surface area contributed by atoms with Gasteiger partial charge in [0, 0.05) is 11.8 Å². The number of nitrogens with one attached hydrogen (secondary N) is 1. The molecule has 0 atom stereocenters. The van der Waals surface area contributed by atoms with E-state index >= 15 is 0 Å². The maximum atomic E-state index is 12.5. The summed E-state index contributed by atoms with van der Waals surface area (Å²) in [4.78, 5) is 11.7. The highest BCUT2D eigenvalue weighted by Crippen LogP contribution is 2.33. The molecule has 1 heterocycles. The smallest absolute Gasteiger partial charge is 0.348 e. The van der Waals surface area contributed by atoms with Crippen LogP contribution in [0.1, 0.15) is 11.8 Å². The van der Waals surface area contributed by atoms with Gasteiger partial charge in [0.05, 0.1) is 11.6 Å². The summed E-state index contributed by atoms with van der Waals surface area (Å²) in [5.41, 5.74) is 1.83. The van der Waals surface area contributed by atoms with E-state index in [0.29, 0.717) is 4.88 Å². The van der Waals surface area contributed by atoms with Crippen molar-refractivity contribution in [2.75, 3.05) is 0 Å². The Morgan fingerprint density at radius 2 is 1.81 bits per heavy atom. The Kier molecular flexibility index (Phi) is 5.84. The van der Waals surface area contributed by atoms with Crippen LogP contribution in [-0.4, -0.2) is 14.3 Å². The SMILES string of the molecule is CC(=O)NCc1ccc(S(=O)(=O)Oc2ccc(-c3ccccc3)cc2Cl)s1. The van der Waals surface area contributed by atoms with Crippen LogP contribution in [0.5, 0.6) is 5.75 Å². The molecule has 0 unspecified atom stereocenters. The molecule has 0 spiro atoms. The molecule has 0 bridgehead atoms. The summed E-state index contributed by atoms with van der Waals surface area (Å²) in [6.45, 7) is 1.66. The fourth-order valence-corrected chi connectivity index (χ4v) is 4.81. The van der Waals surface area contributed by atoms with E-state index in [0.717, 1.165) is 22.5 Å². The molecule has 1 amide bonds. The van der Waals surface area contributed by atoms with Gasteiger partial charge >= 0.3 is 10.1 Å². The molecule has 0 aliphatic rings. The third kappa shape index (κ3) is 4.88. The van der Waals surface area contributed by atoms with E-state index in [1.165, 1.54) is 19.1 Å². The van der Waals surface area contributed by atoms with Crippen LogP contribution < -0.4 is 9.50 Å². The Bertz CT molecular complexity index is 1060. The van der Waals surface area contributed by atoms with E-state index in [1.54, 1.807) is 18.2 Å². The van der Waals surface area contributed by atoms with Gasteiger partial charge in [-0.05, 0) is 35.4 Å². The standard InChI is InChI=1S/C19H16ClNO4S2/c1-13(22)21-12-16-8-10-19(26-16)27(23,24)25-18-9-7-15(11-17(18)20)14-5-3-2-4-6-14/h2-11H,12H2,1H3,(H,21,22). The first-order valence-corrected chi connectivity index (χ1v) is 10.6. The van der Waals surface area contributed by atoms with E-state index in [4.69, 9.17) is 15.8 Å². The number of thiophene rings is 1. The molecular weight excluding hydrogens is 406 g/mol. The van der Waals surface area contributed by atoms with Gasteiger partial charge in [0.1, 0.15) is 0 Å². The lowest BCUT2D eigenvalue weighted by molar-refractivity contribution is -0.119. The van der Waals surface area contributed by atoms with Gasteiger partial charge in [0.2, 0.25) is 5.91 Å². The molecule has 5 nitrogen and oxygen atoms in total. The van der Waals surface area contributed by atoms with Crippen molar-refractivity contribution >= 4 is 39.0 Å². The van der Waals surface area contributed by atoms with Crippen molar-refractivity contribution in [1.82, 2.24) is 5.32 Å². The first kappa shape index (κ1) is 19.4. The number of carbonyl (C=O) groups is 1. The van der Waals surface area contributed by atoms with Crippen LogP contribution in [0.4, 0.5) is 0 Å². The van der Waals surface area contributed by atoms with E-state index in [2.05, 4.69) is 5.32 Å². The van der Waals surface area contributed by atoms with Crippen LogP contribution in [0.15, 0.2) is 64.9 Å². The molecule has 1 aromatic heterocycles. The summed E-state index contributed by atoms with van der Waals surface area (Å²) in [6.07, 6.45) is 0. The second kappa shape index (κ2) is 8.12. The number of benzene rings is 2. The van der Waals surface area contributed by atoms with Crippen LogP contribution >= 0.6 is 22.9 Å². The maximum absolute atomic E-state index is 12.5. The van der Waals surface area contributed by atoms with Crippen molar-refractivity contribution in [2.24, 2.45) is 0 Å². The van der Waals surface area contributed by atoms with Crippen LogP contribution in [0, 0.1) is 0 Å². The normalized spacial score (nSPS) is 11.2. The molecule has 1 N–H and O–H groups in total. The van der Waals surface area contributed by atoms with Crippen molar-refractivity contribution in [2.45, 2.75) is 17.7 Å². The lowest BCUT2D eigenvalue weighted by atomic mass is 10.1. The topological polar surface area (TPSA) is 72.5 Å². The third-order valence-corrected chi connectivity index (χ3v) is 6.70. The number of halogens is 1. The van der Waals surface area contributed by atoms with Gasteiger partial charge in [-0.3, -0.25) is 4.79 Å². The zero-order chi connectivity index (χ0) is 19.4. The highest BCUT2D eigenvalue weighted by Gasteiger charge is 2.21. The highest BCUT2D eigenvalue weighted by atomic mass is 35.5. The fourth-order valence-electron chi connectivity index (χ4n) is 2.34. The molecule has 0 saturated heterocycles. The molecule has 0 radical (unpaired) electrons. The van der Waals surface area contributed by atoms with Crippen LogP contribution in [-0.2, 0) is 21.5 Å². The minimum absolute atomic E-state index is 0.0473. The molecule has 0 aliphatic carbocycles. The lowest BCUT2D eigenvalue weighted by Crippen LogP contribution is -2.18. The summed E-state index contributed by atoms with van der Waals surface area (Å²) < 4.78 is 30.3. The average molecular weight is 422 g/mol. The predicted octanol–water partition coefficient (Wildman–Crippen LogP) is 4.47. The van der Waals surface area contributed by atoms with Gasteiger partial charge in [-0.1, -0.05) is 48.0 Å². The summed E-state index contributed by atoms with van der Waals surface area (Å²) in [6, 6.07) is 17.6. The number of carbonyl (C=O) groups excluding carboxylic acids is 1. The van der Waals surface area contributed by atoms with E-state index in [-0.39, 0.29) is 27.4 Å². The highest BCUT2D eigenvalue weighted by molar-refractivity contribution is 7.89. The summed E-state index contributed by atoms with van der Waals surface area (Å²) in [5, 5.41) is 2.83. The van der Waals surface area contributed by atoms with Crippen LogP contribution in [0.2, 0.25) is 5.02 Å². The van der Waals surface area contributed by atoms with Gasteiger partial charge in [0.25, 0.3) is 0 Å². The molecule has 3 aromatic rings. The Hall–Kier alpha value is -2.35. The second-order valence-electron chi connectivity index (χ2n) is 5.68. The van der Waals surface area contributed by atoms with Gasteiger partial charge in [-0.25, -0.2) is 0 Å². The molecule has 2 aromatic carbocycles. The fraction of sp³-hybridized carbons (Fsp3) is 0.105. The Morgan fingerprint density at radius 1 is 1.07 bits per heavy atom. The third-order valence-electron chi connectivity index (χ3n) is 3.63. The van der Waals surface area contributed by atoms with Crippen molar-refractivity contribution in [1.29, 1.82) is 0 Å². The summed E-state index contributed by atoms with van der Waals surface area (Å²) in [5.74, 6) is -0.123. The largest absolute Gasteiger partial charge is 0.377 e. The van der Waals surface area contributed by atoms with Gasteiger partial charge in [0.15, 0.2) is 9.96 Å². The molecule has 0 fully saturated rings. The van der Waals surface area contributed by atoms with Crippen LogP contribution in [0.3, 0.4) is 0 Å². The van der Waals surface area contributed by atoms with Gasteiger partial charge in [-0.15, -0.1) is 11.3 Å². The van der Waals surface area contributed by atoms with Crippen molar-refractivity contribution < 1.29 is 17.4 Å². The maximum Gasteiger partial charge on any atom is 0.348 e. The van der Waals surface area contributed by atoms with E-state index < -0.39 is 10.1 Å². The van der Waals surface area contributed by atoms with Gasteiger partial charge < -0.3 is 9.50 Å². The Morgan fingerprint density at radius 3 is 2.48 bits per heavy atom. The summed E-state index contributed by atoms with van der Waals surface area (Å²) in [7, 11) is -4.01. The number of amides is 1. The minimum Gasteiger partial charge on any atom is -0.377 e. The first-order valence-electron chi connectivity index (χ1n) is 7.98. The Balaban J connectivity index is 1.79. The van der Waals surface area contributed by atoms with Crippen molar-refractivity contribution in [3.05, 3.63) is 70.6 Å². The molecular formula is C19H16ClNO4S2. The minimum atomic E-state index is -4.01. The average Bonchev–Trinajstić information content (AvgIpc) is 3.12. The second-order valence-corrected chi connectivity index (χ2v) is 9.03. The zero-order valence-corrected chi connectivity index (χ0v) is 16.7. The zero-order valence-electron chi connectivity index (χ0n) is 14.3. The van der Waals surface area contributed by atoms with Crippen molar-refractivity contribution in [3.8, 4) is 16.9 Å². The molecule has 8 heteroatoms. The molecule has 3 rings (SSSR count). The lowest BCUT2D eigenvalue weighted by Gasteiger charge is -2.09. The predicted molar refractivity (Wildman–Crippen MR) is 107 cm³/mol. The van der Waals surface area contributed by atoms with Gasteiger partial charge in [-0.2, -0.15) is 8.42 Å². The number of rotatable bonds is 6. The van der Waals surface area contributed by atoms with E-state index in [1.807, 2.05) is 30.3 Å². The number of hydrogen-bond donors (Lipinski definition) is 1. The number of hydrogen-bond acceptors (Lipinski definition) is 5. The van der Waals surface area contributed by atoms with Crippen molar-refractivity contribution in [3.63, 3.8) is 0 Å². The van der Waals surface area contributed by atoms with E-state index in [9.17, 15) is 13.2 Å². The molecule has 140 valence electrons. The summed E-state index contributed by atoms with van der Waals surface area (Å²) >= 11 is 7.27. The molecule has 0 saturated carbocycles. The van der Waals surface area contributed by atoms with Crippen LogP contribution in [0.25, 0.3) is 11.1 Å². The molecule has 0 aliphatic heterocycles.